The summed E-state index contributed by atoms with van der Waals surface area (Å²) < 4.78 is 6.52. The van der Waals surface area contributed by atoms with Gasteiger partial charge in [0, 0.05) is 19.3 Å². The van der Waals surface area contributed by atoms with Gasteiger partial charge >= 0.3 is 5.97 Å². The number of ether oxygens (including phenoxy) is 1. The fourth-order valence-electron chi connectivity index (χ4n) is 9.33. The monoisotopic (exact) mass is 402 g/mol. The number of carbonyl (C=O) groups excluding carboxylic acids is 1. The highest BCUT2D eigenvalue weighted by molar-refractivity contribution is 5.79. The predicted molar refractivity (Wildman–Crippen MR) is 110 cm³/mol. The molecule has 10 atom stereocenters. The summed E-state index contributed by atoms with van der Waals surface area (Å²) in [6.07, 6.45) is 10.4. The standard InChI is InChI=1S/C25H38O4/c1-14-20(6-7-22(27)28)29-21-13-19-17-5-4-15-12-16(26)8-10-24(15,2)18(17)9-11-25(19,3)23(14)21/h14-15,17-21,23H,4-13H2,1-3H3,(H,27,28). The van der Waals surface area contributed by atoms with E-state index in [1.54, 1.807) is 0 Å². The van der Waals surface area contributed by atoms with Crippen LogP contribution in [-0.4, -0.2) is 29.1 Å². The molecule has 0 aromatic carbocycles. The lowest BCUT2D eigenvalue weighted by Crippen LogP contribution is -2.54. The molecule has 1 N–H and O–H groups in total. The van der Waals surface area contributed by atoms with Crippen LogP contribution in [0.3, 0.4) is 0 Å². The molecule has 4 aliphatic carbocycles. The van der Waals surface area contributed by atoms with Crippen molar-refractivity contribution < 1.29 is 19.4 Å². The van der Waals surface area contributed by atoms with Crippen LogP contribution < -0.4 is 0 Å². The molecule has 0 radical (unpaired) electrons. The van der Waals surface area contributed by atoms with Gasteiger partial charge in [0.15, 0.2) is 0 Å². The first kappa shape index (κ1) is 20.0. The van der Waals surface area contributed by atoms with Gasteiger partial charge in [0.1, 0.15) is 5.78 Å². The van der Waals surface area contributed by atoms with Crippen LogP contribution in [0.25, 0.3) is 0 Å². The maximum absolute atomic E-state index is 12.1. The van der Waals surface area contributed by atoms with Crippen LogP contribution in [-0.2, 0) is 14.3 Å². The van der Waals surface area contributed by atoms with Gasteiger partial charge in [-0.2, -0.15) is 0 Å². The predicted octanol–water partition coefficient (Wildman–Crippen LogP) is 5.09. The van der Waals surface area contributed by atoms with E-state index in [1.165, 1.54) is 32.1 Å². The summed E-state index contributed by atoms with van der Waals surface area (Å²) in [5.41, 5.74) is 0.712. The Balaban J connectivity index is 1.36. The Morgan fingerprint density at radius 2 is 1.93 bits per heavy atom. The molecule has 4 saturated carbocycles. The van der Waals surface area contributed by atoms with Gasteiger partial charge in [-0.25, -0.2) is 0 Å². The van der Waals surface area contributed by atoms with Crippen LogP contribution in [0.5, 0.6) is 0 Å². The van der Waals surface area contributed by atoms with Crippen molar-refractivity contribution in [2.75, 3.05) is 0 Å². The number of carboxylic acids is 1. The molecule has 0 aromatic rings. The Hall–Kier alpha value is -0.900. The van der Waals surface area contributed by atoms with E-state index in [9.17, 15) is 9.59 Å². The van der Waals surface area contributed by atoms with Crippen molar-refractivity contribution in [2.45, 2.75) is 97.2 Å². The third kappa shape index (κ3) is 2.87. The molecule has 1 heterocycles. The molecule has 1 saturated heterocycles. The normalized spacial score (nSPS) is 53.7. The van der Waals surface area contributed by atoms with Crippen LogP contribution in [0.1, 0.15) is 85.0 Å². The van der Waals surface area contributed by atoms with E-state index in [2.05, 4.69) is 20.8 Å². The van der Waals surface area contributed by atoms with Crippen molar-refractivity contribution in [2.24, 2.45) is 46.3 Å². The van der Waals surface area contributed by atoms with E-state index in [0.29, 0.717) is 46.9 Å². The average Bonchev–Trinajstić information content (AvgIpc) is 3.14. The summed E-state index contributed by atoms with van der Waals surface area (Å²) in [5.74, 6) is 3.78. The Bertz CT molecular complexity index is 703. The summed E-state index contributed by atoms with van der Waals surface area (Å²) in [5, 5.41) is 9.09. The Morgan fingerprint density at radius 1 is 1.14 bits per heavy atom. The molecule has 4 heteroatoms. The molecule has 1 aliphatic heterocycles. The van der Waals surface area contributed by atoms with Crippen LogP contribution in [0, 0.1) is 46.3 Å². The number of hydrogen-bond acceptors (Lipinski definition) is 3. The molecule has 29 heavy (non-hydrogen) atoms. The number of fused-ring (bicyclic) bond motifs is 7. The number of rotatable bonds is 3. The lowest BCUT2D eigenvalue weighted by Gasteiger charge is -2.60. The maximum Gasteiger partial charge on any atom is 0.303 e. The number of carbonyl (C=O) groups is 2. The summed E-state index contributed by atoms with van der Waals surface area (Å²) in [6, 6.07) is 0. The Morgan fingerprint density at radius 3 is 2.69 bits per heavy atom. The highest BCUT2D eigenvalue weighted by atomic mass is 16.5. The fraction of sp³-hybridized carbons (Fsp3) is 0.920. The van der Waals surface area contributed by atoms with Gasteiger partial charge in [-0.05, 0) is 91.3 Å². The van der Waals surface area contributed by atoms with Gasteiger partial charge < -0.3 is 9.84 Å². The maximum atomic E-state index is 12.1. The first-order chi connectivity index (χ1) is 13.7. The van der Waals surface area contributed by atoms with Gasteiger partial charge in [-0.1, -0.05) is 20.8 Å². The van der Waals surface area contributed by atoms with Gasteiger partial charge in [0.05, 0.1) is 12.2 Å². The summed E-state index contributed by atoms with van der Waals surface area (Å²) >= 11 is 0. The van der Waals surface area contributed by atoms with Crippen molar-refractivity contribution in [3.8, 4) is 0 Å². The van der Waals surface area contributed by atoms with Crippen LogP contribution in [0.2, 0.25) is 0 Å². The van der Waals surface area contributed by atoms with Crippen LogP contribution in [0.15, 0.2) is 0 Å². The van der Waals surface area contributed by atoms with Crippen molar-refractivity contribution in [3.63, 3.8) is 0 Å². The highest BCUT2D eigenvalue weighted by Gasteiger charge is 2.65. The van der Waals surface area contributed by atoms with Gasteiger partial charge in [-0.3, -0.25) is 9.59 Å². The lowest BCUT2D eigenvalue weighted by atomic mass is 9.44. The molecular formula is C25H38O4. The van der Waals surface area contributed by atoms with Crippen molar-refractivity contribution in [1.82, 2.24) is 0 Å². The molecule has 162 valence electrons. The second kappa shape index (κ2) is 6.80. The van der Waals surface area contributed by atoms with Crippen LogP contribution in [0.4, 0.5) is 0 Å². The second-order valence-corrected chi connectivity index (χ2v) is 11.7. The molecule has 0 spiro atoms. The zero-order valence-electron chi connectivity index (χ0n) is 18.4. The largest absolute Gasteiger partial charge is 0.481 e. The molecule has 5 rings (SSSR count). The van der Waals surface area contributed by atoms with Crippen molar-refractivity contribution >= 4 is 11.8 Å². The molecular weight excluding hydrogens is 364 g/mol. The first-order valence-electron chi connectivity index (χ1n) is 12.1. The van der Waals surface area contributed by atoms with Gasteiger partial charge in [0.2, 0.25) is 0 Å². The SMILES string of the molecule is CC1C(CCC(=O)O)OC2CC3C4CCC5CC(=O)CCC5(C)C4CCC3(C)C21. The highest BCUT2D eigenvalue weighted by Crippen LogP contribution is 2.69. The minimum absolute atomic E-state index is 0.120. The molecule has 0 amide bonds. The zero-order chi connectivity index (χ0) is 20.6. The number of carboxylic acid groups (broad SMARTS) is 1. The summed E-state index contributed by atoms with van der Waals surface area (Å²) in [7, 11) is 0. The molecule has 5 aliphatic rings. The minimum Gasteiger partial charge on any atom is -0.481 e. The summed E-state index contributed by atoms with van der Waals surface area (Å²) in [6.45, 7) is 7.37. The number of ketones is 1. The molecule has 0 aromatic heterocycles. The van der Waals surface area contributed by atoms with E-state index in [-0.39, 0.29) is 12.5 Å². The molecule has 0 bridgehead atoms. The zero-order valence-corrected chi connectivity index (χ0v) is 18.4. The molecule has 4 nitrogen and oxygen atoms in total. The topological polar surface area (TPSA) is 63.6 Å². The van der Waals surface area contributed by atoms with E-state index >= 15 is 0 Å². The minimum atomic E-state index is -0.710. The average molecular weight is 403 g/mol. The molecule has 10 unspecified atom stereocenters. The number of hydrogen-bond donors (Lipinski definition) is 1. The van der Waals surface area contributed by atoms with E-state index < -0.39 is 5.97 Å². The third-order valence-electron chi connectivity index (χ3n) is 10.7. The number of aliphatic carboxylic acids is 1. The lowest BCUT2D eigenvalue weighted by molar-refractivity contribution is -0.141. The Kier molecular flexibility index (Phi) is 4.70. The number of Topliss-reactive ketones (excluding diaryl/α,β-unsaturated/α-hetero) is 1. The first-order valence-corrected chi connectivity index (χ1v) is 12.1. The summed E-state index contributed by atoms with van der Waals surface area (Å²) in [4.78, 5) is 23.1. The van der Waals surface area contributed by atoms with Crippen LogP contribution >= 0.6 is 0 Å². The fourth-order valence-corrected chi connectivity index (χ4v) is 9.33. The second-order valence-electron chi connectivity index (χ2n) is 11.7. The third-order valence-corrected chi connectivity index (χ3v) is 10.7. The van der Waals surface area contributed by atoms with Gasteiger partial charge in [0.25, 0.3) is 0 Å². The van der Waals surface area contributed by atoms with Crippen molar-refractivity contribution in [3.05, 3.63) is 0 Å². The van der Waals surface area contributed by atoms with E-state index in [4.69, 9.17) is 9.84 Å². The quantitative estimate of drug-likeness (QED) is 0.714. The van der Waals surface area contributed by atoms with Crippen molar-refractivity contribution in [1.29, 1.82) is 0 Å². The van der Waals surface area contributed by atoms with E-state index in [1.807, 2.05) is 0 Å². The Labute approximate surface area is 175 Å². The smallest absolute Gasteiger partial charge is 0.303 e. The van der Waals surface area contributed by atoms with E-state index in [0.717, 1.165) is 37.0 Å². The molecule has 5 fully saturated rings. The van der Waals surface area contributed by atoms with Gasteiger partial charge in [-0.15, -0.1) is 0 Å².